The van der Waals surface area contributed by atoms with Crippen molar-refractivity contribution in [2.24, 2.45) is 0 Å². The molecule has 3 rings (SSSR count). The lowest BCUT2D eigenvalue weighted by atomic mass is 10.1. The van der Waals surface area contributed by atoms with Crippen molar-refractivity contribution in [1.29, 1.82) is 0 Å². The van der Waals surface area contributed by atoms with E-state index in [1.165, 1.54) is 0 Å². The molecule has 1 heterocycles. The van der Waals surface area contributed by atoms with Gasteiger partial charge in [0.05, 0.1) is 17.8 Å². The second kappa shape index (κ2) is 4.89. The van der Waals surface area contributed by atoms with Gasteiger partial charge in [-0.15, -0.1) is 0 Å². The molecule has 0 spiro atoms. The topological polar surface area (TPSA) is 67.2 Å². The molecule has 1 aliphatic heterocycles. The van der Waals surface area contributed by atoms with Crippen LogP contribution in [0.5, 0.6) is 0 Å². The van der Waals surface area contributed by atoms with E-state index in [0.29, 0.717) is 13.0 Å². The lowest BCUT2D eigenvalue weighted by Gasteiger charge is -2.11. The molecule has 1 amide bonds. The molecule has 102 valence electrons. The van der Waals surface area contributed by atoms with Gasteiger partial charge in [0.1, 0.15) is 0 Å². The first-order chi connectivity index (χ1) is 9.61. The normalized spacial score (nSPS) is 12.9. The summed E-state index contributed by atoms with van der Waals surface area (Å²) in [5, 5.41) is 6.16. The Hall–Kier alpha value is -2.49. The van der Waals surface area contributed by atoms with Crippen molar-refractivity contribution in [2.75, 3.05) is 16.4 Å². The average Bonchev–Trinajstić information content (AvgIpc) is 2.77. The van der Waals surface area contributed by atoms with Gasteiger partial charge in [0, 0.05) is 12.2 Å². The van der Waals surface area contributed by atoms with Crippen LogP contribution in [0, 0.1) is 6.92 Å². The Morgan fingerprint density at radius 2 is 2.10 bits per heavy atom. The average molecular weight is 267 g/mol. The quantitative estimate of drug-likeness (QED) is 0.749. The lowest BCUT2D eigenvalue weighted by molar-refractivity contribution is -0.115. The number of nitrogens with one attached hydrogen (secondary N) is 2. The summed E-state index contributed by atoms with van der Waals surface area (Å²) >= 11 is 0. The number of benzene rings is 2. The second-order valence-corrected chi connectivity index (χ2v) is 5.16. The van der Waals surface area contributed by atoms with Crippen LogP contribution in [0.15, 0.2) is 36.4 Å². The standard InChI is InChI=1S/C16H17N3O/c1-10-2-4-15(13(17)6-10)18-9-11-3-5-14-12(7-11)8-16(20)19-14/h2-7,18H,8-9,17H2,1H3,(H,19,20). The highest BCUT2D eigenvalue weighted by Crippen LogP contribution is 2.25. The maximum absolute atomic E-state index is 11.3. The minimum Gasteiger partial charge on any atom is -0.397 e. The summed E-state index contributed by atoms with van der Waals surface area (Å²) in [4.78, 5) is 11.3. The van der Waals surface area contributed by atoms with Crippen molar-refractivity contribution >= 4 is 23.0 Å². The van der Waals surface area contributed by atoms with Gasteiger partial charge in [-0.2, -0.15) is 0 Å². The van der Waals surface area contributed by atoms with Crippen molar-refractivity contribution < 1.29 is 4.79 Å². The Morgan fingerprint density at radius 1 is 1.25 bits per heavy atom. The van der Waals surface area contributed by atoms with E-state index in [2.05, 4.69) is 16.7 Å². The zero-order chi connectivity index (χ0) is 14.1. The number of carbonyl (C=O) groups excluding carboxylic acids is 1. The maximum atomic E-state index is 11.3. The summed E-state index contributed by atoms with van der Waals surface area (Å²) in [6.07, 6.45) is 0.468. The van der Waals surface area contributed by atoms with Gasteiger partial charge in [0.15, 0.2) is 0 Å². The van der Waals surface area contributed by atoms with Crippen LogP contribution in [0.25, 0.3) is 0 Å². The van der Waals surface area contributed by atoms with Crippen LogP contribution in [0.1, 0.15) is 16.7 Å². The summed E-state index contributed by atoms with van der Waals surface area (Å²) in [6.45, 7) is 2.71. The van der Waals surface area contributed by atoms with Crippen LogP contribution >= 0.6 is 0 Å². The van der Waals surface area contributed by atoms with Crippen LogP contribution < -0.4 is 16.4 Å². The van der Waals surface area contributed by atoms with E-state index in [0.717, 1.165) is 33.8 Å². The highest BCUT2D eigenvalue weighted by atomic mass is 16.1. The number of anilines is 3. The third-order valence-electron chi connectivity index (χ3n) is 3.48. The minimum atomic E-state index is 0.0629. The zero-order valence-corrected chi connectivity index (χ0v) is 11.4. The molecule has 0 bridgehead atoms. The molecule has 1 aliphatic rings. The Morgan fingerprint density at radius 3 is 2.90 bits per heavy atom. The third-order valence-corrected chi connectivity index (χ3v) is 3.48. The van der Waals surface area contributed by atoms with Gasteiger partial charge in [-0.3, -0.25) is 4.79 Å². The number of aryl methyl sites for hydroxylation is 1. The van der Waals surface area contributed by atoms with Gasteiger partial charge in [-0.25, -0.2) is 0 Å². The number of rotatable bonds is 3. The predicted molar refractivity (Wildman–Crippen MR) is 81.7 cm³/mol. The molecule has 2 aromatic rings. The SMILES string of the molecule is Cc1ccc(NCc2ccc3c(c2)CC(=O)N3)c(N)c1. The summed E-state index contributed by atoms with van der Waals surface area (Å²) < 4.78 is 0. The molecular formula is C16H17N3O. The van der Waals surface area contributed by atoms with E-state index in [1.54, 1.807) is 0 Å². The third kappa shape index (κ3) is 2.45. The molecule has 0 radical (unpaired) electrons. The number of amides is 1. The maximum Gasteiger partial charge on any atom is 0.228 e. The molecular weight excluding hydrogens is 250 g/mol. The van der Waals surface area contributed by atoms with Crippen LogP contribution in [-0.2, 0) is 17.8 Å². The van der Waals surface area contributed by atoms with Crippen LogP contribution in [0.2, 0.25) is 0 Å². The highest BCUT2D eigenvalue weighted by molar-refractivity contribution is 5.99. The van der Waals surface area contributed by atoms with Crippen molar-refractivity contribution in [1.82, 2.24) is 0 Å². The molecule has 20 heavy (non-hydrogen) atoms. The van der Waals surface area contributed by atoms with E-state index in [1.807, 2.05) is 37.3 Å². The van der Waals surface area contributed by atoms with Gasteiger partial charge >= 0.3 is 0 Å². The number of nitrogen functional groups attached to an aromatic ring is 1. The van der Waals surface area contributed by atoms with Crippen molar-refractivity contribution in [3.8, 4) is 0 Å². The fraction of sp³-hybridized carbons (Fsp3) is 0.188. The Balaban J connectivity index is 1.73. The first-order valence-electron chi connectivity index (χ1n) is 6.63. The zero-order valence-electron chi connectivity index (χ0n) is 11.4. The molecule has 0 saturated carbocycles. The molecule has 4 N–H and O–H groups in total. The Bertz CT molecular complexity index is 679. The van der Waals surface area contributed by atoms with E-state index in [-0.39, 0.29) is 5.91 Å². The Kier molecular flexibility index (Phi) is 3.06. The number of nitrogens with two attached hydrogens (primary N) is 1. The fourth-order valence-corrected chi connectivity index (χ4v) is 2.43. The highest BCUT2D eigenvalue weighted by Gasteiger charge is 2.17. The molecule has 0 saturated heterocycles. The monoisotopic (exact) mass is 267 g/mol. The van der Waals surface area contributed by atoms with Gasteiger partial charge in [0.2, 0.25) is 5.91 Å². The first-order valence-corrected chi connectivity index (χ1v) is 6.63. The largest absolute Gasteiger partial charge is 0.397 e. The van der Waals surface area contributed by atoms with Gasteiger partial charge in [-0.05, 0) is 41.8 Å². The van der Waals surface area contributed by atoms with Gasteiger partial charge in [0.25, 0.3) is 0 Å². The first kappa shape index (κ1) is 12.5. The molecule has 0 aliphatic carbocycles. The molecule has 0 fully saturated rings. The van der Waals surface area contributed by atoms with Gasteiger partial charge in [-0.1, -0.05) is 18.2 Å². The smallest absolute Gasteiger partial charge is 0.228 e. The second-order valence-electron chi connectivity index (χ2n) is 5.16. The van der Waals surface area contributed by atoms with Crippen molar-refractivity contribution in [3.05, 3.63) is 53.1 Å². The summed E-state index contributed by atoms with van der Waals surface area (Å²) in [7, 11) is 0. The number of hydrogen-bond acceptors (Lipinski definition) is 3. The molecule has 0 unspecified atom stereocenters. The van der Waals surface area contributed by atoms with Gasteiger partial charge < -0.3 is 16.4 Å². The van der Waals surface area contributed by atoms with E-state index in [9.17, 15) is 4.79 Å². The van der Waals surface area contributed by atoms with Crippen molar-refractivity contribution in [2.45, 2.75) is 19.9 Å². The minimum absolute atomic E-state index is 0.0629. The summed E-state index contributed by atoms with van der Waals surface area (Å²) in [5.41, 5.74) is 11.9. The molecule has 0 aromatic heterocycles. The number of hydrogen-bond donors (Lipinski definition) is 3. The van der Waals surface area contributed by atoms with E-state index >= 15 is 0 Å². The molecule has 0 atom stereocenters. The predicted octanol–water partition coefficient (Wildman–Crippen LogP) is 2.68. The molecule has 2 aromatic carbocycles. The van der Waals surface area contributed by atoms with E-state index in [4.69, 9.17) is 5.73 Å². The van der Waals surface area contributed by atoms with Crippen molar-refractivity contribution in [3.63, 3.8) is 0 Å². The fourth-order valence-electron chi connectivity index (χ4n) is 2.43. The van der Waals surface area contributed by atoms with E-state index < -0.39 is 0 Å². The molecule has 4 nitrogen and oxygen atoms in total. The lowest BCUT2D eigenvalue weighted by Crippen LogP contribution is -2.03. The molecule has 4 heteroatoms. The van der Waals surface area contributed by atoms with Crippen LogP contribution in [-0.4, -0.2) is 5.91 Å². The van der Waals surface area contributed by atoms with Crippen LogP contribution in [0.3, 0.4) is 0 Å². The summed E-state index contributed by atoms with van der Waals surface area (Å²) in [5.74, 6) is 0.0629. The number of fused-ring (bicyclic) bond motifs is 1. The van der Waals surface area contributed by atoms with Crippen LogP contribution in [0.4, 0.5) is 17.1 Å². The number of carbonyl (C=O) groups is 1. The summed E-state index contributed by atoms with van der Waals surface area (Å²) in [6, 6.07) is 12.0. The Labute approximate surface area is 118 Å².